The number of carbonyl (C=O) groups excluding carboxylic acids is 1. The first-order chi connectivity index (χ1) is 8.38. The van der Waals surface area contributed by atoms with E-state index in [-0.39, 0.29) is 5.75 Å². The second-order valence-electron chi connectivity index (χ2n) is 4.14. The molecule has 0 amide bonds. The van der Waals surface area contributed by atoms with Gasteiger partial charge in [0.2, 0.25) is 0 Å². The molecule has 0 spiro atoms. The maximum atomic E-state index is 10.6. The van der Waals surface area contributed by atoms with Crippen molar-refractivity contribution >= 4 is 17.7 Å². The molecule has 18 heavy (non-hydrogen) atoms. The molecule has 0 radical (unpaired) electrons. The predicted molar refractivity (Wildman–Crippen MR) is 58.1 cm³/mol. The number of aliphatic hydroxyl groups excluding tert-OH is 5. The van der Waals surface area contributed by atoms with E-state index in [0.29, 0.717) is 0 Å². The number of nitrogens with two attached hydrogens (primary N) is 1. The van der Waals surface area contributed by atoms with Gasteiger partial charge in [-0.3, -0.25) is 0 Å². The maximum Gasteiger partial charge on any atom is 0.162 e. The van der Waals surface area contributed by atoms with Gasteiger partial charge in [-0.2, -0.15) is 0 Å². The van der Waals surface area contributed by atoms with Crippen LogP contribution in [0.1, 0.15) is 0 Å². The second-order valence-corrected chi connectivity index (χ2v) is 5.35. The summed E-state index contributed by atoms with van der Waals surface area (Å²) in [4.78, 5) is 10.6. The molecule has 9 heteroatoms. The van der Waals surface area contributed by atoms with Gasteiger partial charge in [0.25, 0.3) is 0 Å². The fraction of sp³-hybridized carbons (Fsp3) is 0.889. The summed E-state index contributed by atoms with van der Waals surface area (Å²) in [6.07, 6.45) is -6.39. The van der Waals surface area contributed by atoms with Crippen LogP contribution in [-0.2, 0) is 4.79 Å². The molecule has 1 aliphatic rings. The van der Waals surface area contributed by atoms with Crippen LogP contribution < -0.4 is 10.4 Å². The monoisotopic (exact) mass is 283 g/mol. The van der Waals surface area contributed by atoms with Gasteiger partial charge >= 0.3 is 0 Å². The Morgan fingerprint density at radius 3 is 2.39 bits per heavy atom. The zero-order valence-corrected chi connectivity index (χ0v) is 10.2. The Labute approximate surface area is 107 Å². The Kier molecular flexibility index (Phi) is 5.79. The first-order valence-electron chi connectivity index (χ1n) is 5.39. The molecule has 0 aromatic rings. The number of hydrogen-bond donors (Lipinski definition) is 6. The van der Waals surface area contributed by atoms with Gasteiger partial charge in [-0.05, 0) is 0 Å². The number of thioether (sulfide) groups is 1. The van der Waals surface area contributed by atoms with Crippen LogP contribution in [0.25, 0.3) is 0 Å². The van der Waals surface area contributed by atoms with E-state index in [4.69, 9.17) is 10.2 Å². The smallest absolute Gasteiger partial charge is 0.162 e. The molecule has 1 heterocycles. The minimum absolute atomic E-state index is 0.218. The first-order valence-corrected chi connectivity index (χ1v) is 6.44. The SMILES string of the molecule is O=C([O-])[C@@H]1CS[C@H]([C@H](O)[C@H](O)[C@@H](O)[C@@H](O)CO)[NH2+]1. The van der Waals surface area contributed by atoms with Crippen molar-refractivity contribution < 1.29 is 40.8 Å². The molecule has 0 aromatic carbocycles. The number of aliphatic hydroxyl groups is 5. The summed E-state index contributed by atoms with van der Waals surface area (Å²) in [5, 5.41) is 57.8. The molecule has 0 saturated carbocycles. The minimum atomic E-state index is -1.71. The van der Waals surface area contributed by atoms with E-state index in [1.54, 1.807) is 0 Å². The predicted octanol–water partition coefficient (Wildman–Crippen LogP) is -5.82. The molecule has 106 valence electrons. The summed E-state index contributed by atoms with van der Waals surface area (Å²) in [5.41, 5.74) is 0. The van der Waals surface area contributed by atoms with Crippen LogP contribution in [0.5, 0.6) is 0 Å². The van der Waals surface area contributed by atoms with E-state index in [9.17, 15) is 25.2 Å². The molecule has 6 atom stereocenters. The van der Waals surface area contributed by atoms with Crippen molar-refractivity contribution in [1.82, 2.24) is 0 Å². The number of carboxylic acid groups (broad SMARTS) is 1. The number of hydrogen-bond acceptors (Lipinski definition) is 8. The third-order valence-electron chi connectivity index (χ3n) is 2.81. The normalized spacial score (nSPS) is 30.7. The van der Waals surface area contributed by atoms with E-state index in [0.717, 1.165) is 11.8 Å². The molecular formula is C9H17NO7S. The quantitative estimate of drug-likeness (QED) is 0.281. The summed E-state index contributed by atoms with van der Waals surface area (Å²) in [5.74, 6) is -1.04. The lowest BCUT2D eigenvalue weighted by atomic mass is 10.0. The molecular weight excluding hydrogens is 266 g/mol. The van der Waals surface area contributed by atoms with Gasteiger partial charge in [0.15, 0.2) is 5.37 Å². The van der Waals surface area contributed by atoms with E-state index in [1.165, 1.54) is 5.32 Å². The second kappa shape index (κ2) is 6.66. The van der Waals surface area contributed by atoms with Crippen molar-refractivity contribution in [3.8, 4) is 0 Å². The number of carbonyl (C=O) groups is 1. The number of aliphatic carboxylic acids is 1. The van der Waals surface area contributed by atoms with Gasteiger partial charge < -0.3 is 40.8 Å². The van der Waals surface area contributed by atoms with Crippen LogP contribution in [0.2, 0.25) is 0 Å². The topological polar surface area (TPSA) is 158 Å². The fourth-order valence-corrected chi connectivity index (χ4v) is 2.98. The van der Waals surface area contributed by atoms with Crippen LogP contribution in [0.4, 0.5) is 0 Å². The van der Waals surface area contributed by atoms with Crippen molar-refractivity contribution in [2.75, 3.05) is 12.4 Å². The lowest BCUT2D eigenvalue weighted by Crippen LogP contribution is -2.96. The molecule has 0 aromatic heterocycles. The molecule has 8 nitrogen and oxygen atoms in total. The Bertz CT molecular complexity index is 292. The van der Waals surface area contributed by atoms with E-state index in [1.807, 2.05) is 0 Å². The highest BCUT2D eigenvalue weighted by Gasteiger charge is 2.41. The van der Waals surface area contributed by atoms with E-state index >= 15 is 0 Å². The minimum Gasteiger partial charge on any atom is -0.544 e. The first kappa shape index (κ1) is 15.6. The van der Waals surface area contributed by atoms with Crippen molar-refractivity contribution in [1.29, 1.82) is 0 Å². The van der Waals surface area contributed by atoms with Crippen LogP contribution in [0.3, 0.4) is 0 Å². The van der Waals surface area contributed by atoms with Crippen LogP contribution in [0.15, 0.2) is 0 Å². The zero-order valence-electron chi connectivity index (χ0n) is 9.42. The Morgan fingerprint density at radius 1 is 1.33 bits per heavy atom. The third kappa shape index (κ3) is 3.54. The zero-order chi connectivity index (χ0) is 13.9. The average Bonchev–Trinajstić information content (AvgIpc) is 2.84. The van der Waals surface area contributed by atoms with Crippen molar-refractivity contribution in [2.24, 2.45) is 0 Å². The highest BCUT2D eigenvalue weighted by atomic mass is 32.2. The van der Waals surface area contributed by atoms with Crippen LogP contribution in [-0.4, -0.2) is 79.7 Å². The van der Waals surface area contributed by atoms with Crippen LogP contribution in [0, 0.1) is 0 Å². The summed E-state index contributed by atoms with van der Waals surface area (Å²) in [7, 11) is 0. The summed E-state index contributed by atoms with van der Waals surface area (Å²) in [6.45, 7) is -0.756. The van der Waals surface area contributed by atoms with E-state index < -0.39 is 48.4 Å². The highest BCUT2D eigenvalue weighted by Crippen LogP contribution is 2.19. The standard InChI is InChI=1S/C9H17NO7S/c11-1-4(12)5(13)6(14)7(15)8-10-3(2-18-8)9(16)17/h3-8,10-15H,1-2H2,(H,16,17)/t3-,4-,5-,6+,7+,8+/m0/s1. The lowest BCUT2D eigenvalue weighted by Gasteiger charge is -2.27. The highest BCUT2D eigenvalue weighted by molar-refractivity contribution is 8.00. The largest absolute Gasteiger partial charge is 0.544 e. The van der Waals surface area contributed by atoms with Gasteiger partial charge in [-0.15, -0.1) is 0 Å². The fourth-order valence-electron chi connectivity index (χ4n) is 1.65. The molecule has 7 N–H and O–H groups in total. The Hall–Kier alpha value is -0.420. The number of carboxylic acids is 1. The molecule has 1 rings (SSSR count). The van der Waals surface area contributed by atoms with Crippen molar-refractivity contribution in [3.05, 3.63) is 0 Å². The van der Waals surface area contributed by atoms with Gasteiger partial charge in [0, 0.05) is 0 Å². The lowest BCUT2D eigenvalue weighted by molar-refractivity contribution is -0.692. The Morgan fingerprint density at radius 2 is 1.94 bits per heavy atom. The Balaban J connectivity index is 2.54. The van der Waals surface area contributed by atoms with Gasteiger partial charge in [0.1, 0.15) is 36.4 Å². The molecule has 0 bridgehead atoms. The molecule has 0 aliphatic carbocycles. The average molecular weight is 283 g/mol. The molecule has 1 aliphatic heterocycles. The van der Waals surface area contributed by atoms with Crippen molar-refractivity contribution in [3.63, 3.8) is 0 Å². The number of rotatable bonds is 6. The van der Waals surface area contributed by atoms with Gasteiger partial charge in [0.05, 0.1) is 12.4 Å². The molecule has 1 fully saturated rings. The number of quaternary nitrogens is 1. The van der Waals surface area contributed by atoms with E-state index in [2.05, 4.69) is 0 Å². The van der Waals surface area contributed by atoms with Crippen LogP contribution >= 0.6 is 11.8 Å². The summed E-state index contributed by atoms with van der Waals surface area (Å²) in [6, 6.07) is -0.818. The third-order valence-corrected chi connectivity index (χ3v) is 4.18. The van der Waals surface area contributed by atoms with Crippen molar-refractivity contribution in [2.45, 2.75) is 35.8 Å². The summed E-state index contributed by atoms with van der Waals surface area (Å²) < 4.78 is 0. The summed E-state index contributed by atoms with van der Waals surface area (Å²) >= 11 is 1.11. The maximum absolute atomic E-state index is 10.6. The van der Waals surface area contributed by atoms with Gasteiger partial charge in [-0.25, -0.2) is 0 Å². The molecule has 1 saturated heterocycles. The molecule has 0 unspecified atom stereocenters. The van der Waals surface area contributed by atoms with Gasteiger partial charge in [-0.1, -0.05) is 11.8 Å².